The summed E-state index contributed by atoms with van der Waals surface area (Å²) in [6, 6.07) is 1.92. The molecule has 0 bridgehead atoms. The summed E-state index contributed by atoms with van der Waals surface area (Å²) < 4.78 is 0. The van der Waals surface area contributed by atoms with Gasteiger partial charge in [0.2, 0.25) is 0 Å². The van der Waals surface area contributed by atoms with Crippen LogP contribution in [0.1, 0.15) is 32.6 Å². The van der Waals surface area contributed by atoms with Crippen LogP contribution in [0.5, 0.6) is 0 Å². The lowest BCUT2D eigenvalue weighted by atomic mass is 9.74. The molecule has 0 saturated heterocycles. The first kappa shape index (κ1) is 10.8. The zero-order valence-corrected chi connectivity index (χ0v) is 8.36. The van der Waals surface area contributed by atoms with Crippen molar-refractivity contribution in [3.63, 3.8) is 0 Å². The van der Waals surface area contributed by atoms with Gasteiger partial charge in [-0.25, -0.2) is 0 Å². The highest BCUT2D eigenvalue weighted by molar-refractivity contribution is 5.74. The van der Waals surface area contributed by atoms with Gasteiger partial charge < -0.3 is 5.11 Å². The Morgan fingerprint density at radius 1 is 1.57 bits per heavy atom. The van der Waals surface area contributed by atoms with Gasteiger partial charge in [0.25, 0.3) is 0 Å². The fraction of sp³-hybridized carbons (Fsp3) is 0.636. The molecule has 0 aromatic carbocycles. The summed E-state index contributed by atoms with van der Waals surface area (Å²) >= 11 is 0. The van der Waals surface area contributed by atoms with E-state index in [1.807, 2.05) is 25.1 Å². The van der Waals surface area contributed by atoms with Crippen molar-refractivity contribution >= 4 is 5.97 Å². The molecule has 0 spiro atoms. The lowest BCUT2D eigenvalue weighted by molar-refractivity contribution is -0.142. The number of rotatable bonds is 3. The Morgan fingerprint density at radius 2 is 2.14 bits per heavy atom. The SMILES string of the molecule is CC=CC1(C(C#N)C(=O)O)CCCC1. The third-order valence-electron chi connectivity index (χ3n) is 2.98. The van der Waals surface area contributed by atoms with Gasteiger partial charge in [-0.2, -0.15) is 5.26 Å². The maximum Gasteiger partial charge on any atom is 0.321 e. The third kappa shape index (κ3) is 1.79. The topological polar surface area (TPSA) is 61.1 Å². The Labute approximate surface area is 84.0 Å². The second-order valence-electron chi connectivity index (χ2n) is 3.84. The van der Waals surface area contributed by atoms with Gasteiger partial charge in [0.05, 0.1) is 6.07 Å². The van der Waals surface area contributed by atoms with Gasteiger partial charge in [-0.05, 0) is 19.8 Å². The average molecular weight is 193 g/mol. The zero-order valence-electron chi connectivity index (χ0n) is 8.36. The van der Waals surface area contributed by atoms with Crippen LogP contribution < -0.4 is 0 Å². The van der Waals surface area contributed by atoms with E-state index < -0.39 is 17.3 Å². The molecule has 14 heavy (non-hydrogen) atoms. The maximum absolute atomic E-state index is 10.9. The van der Waals surface area contributed by atoms with Crippen molar-refractivity contribution in [3.05, 3.63) is 12.2 Å². The van der Waals surface area contributed by atoms with Crippen LogP contribution in [0.4, 0.5) is 0 Å². The molecule has 3 nitrogen and oxygen atoms in total. The standard InChI is InChI=1S/C11H15NO2/c1-2-5-11(6-3-4-7-11)9(8-12)10(13)14/h2,5,9H,3-4,6-7H2,1H3,(H,13,14). The van der Waals surface area contributed by atoms with Crippen LogP contribution in [-0.2, 0) is 4.79 Å². The highest BCUT2D eigenvalue weighted by Crippen LogP contribution is 2.45. The van der Waals surface area contributed by atoms with Crippen LogP contribution in [0.15, 0.2) is 12.2 Å². The summed E-state index contributed by atoms with van der Waals surface area (Å²) in [5.74, 6) is -1.88. The molecule has 3 heteroatoms. The molecule has 0 aromatic heterocycles. The van der Waals surface area contributed by atoms with Crippen molar-refractivity contribution in [2.45, 2.75) is 32.6 Å². The summed E-state index contributed by atoms with van der Waals surface area (Å²) in [5.41, 5.74) is -0.407. The second kappa shape index (κ2) is 4.28. The first-order chi connectivity index (χ1) is 6.66. The lowest BCUT2D eigenvalue weighted by Gasteiger charge is -2.27. The van der Waals surface area contributed by atoms with E-state index in [1.54, 1.807) is 0 Å². The number of nitrogens with zero attached hydrogens (tertiary/aromatic N) is 1. The minimum Gasteiger partial charge on any atom is -0.480 e. The van der Waals surface area contributed by atoms with Crippen molar-refractivity contribution in [2.24, 2.45) is 11.3 Å². The van der Waals surface area contributed by atoms with E-state index in [0.29, 0.717) is 0 Å². The van der Waals surface area contributed by atoms with Crippen molar-refractivity contribution in [1.82, 2.24) is 0 Å². The molecule has 1 atom stereocenters. The van der Waals surface area contributed by atoms with E-state index in [4.69, 9.17) is 10.4 Å². The second-order valence-corrected chi connectivity index (χ2v) is 3.84. The molecule has 1 fully saturated rings. The number of carbonyl (C=O) groups is 1. The van der Waals surface area contributed by atoms with E-state index in [0.717, 1.165) is 25.7 Å². The fourth-order valence-electron chi connectivity index (χ4n) is 2.35. The monoisotopic (exact) mass is 193 g/mol. The Morgan fingerprint density at radius 3 is 2.50 bits per heavy atom. The molecule has 0 aromatic rings. The van der Waals surface area contributed by atoms with Gasteiger partial charge >= 0.3 is 5.97 Å². The summed E-state index contributed by atoms with van der Waals surface area (Å²) in [6.07, 6.45) is 7.45. The molecule has 1 N–H and O–H groups in total. The van der Waals surface area contributed by atoms with Crippen LogP contribution in [0.3, 0.4) is 0 Å². The Kier molecular flexibility index (Phi) is 3.29. The van der Waals surface area contributed by atoms with Crippen LogP contribution in [0.25, 0.3) is 0 Å². The largest absolute Gasteiger partial charge is 0.480 e. The van der Waals surface area contributed by atoms with Crippen molar-refractivity contribution in [2.75, 3.05) is 0 Å². The van der Waals surface area contributed by atoms with Crippen LogP contribution in [0.2, 0.25) is 0 Å². The highest BCUT2D eigenvalue weighted by Gasteiger charge is 2.43. The molecule has 1 aliphatic carbocycles. The third-order valence-corrected chi connectivity index (χ3v) is 2.98. The molecule has 0 radical (unpaired) electrons. The number of allylic oxidation sites excluding steroid dienone is 2. The zero-order chi connectivity index (χ0) is 10.6. The van der Waals surface area contributed by atoms with Gasteiger partial charge in [-0.1, -0.05) is 25.0 Å². The fourth-order valence-corrected chi connectivity index (χ4v) is 2.35. The van der Waals surface area contributed by atoms with Gasteiger partial charge in [0.15, 0.2) is 5.92 Å². The number of aliphatic carboxylic acids is 1. The van der Waals surface area contributed by atoms with Gasteiger partial charge in [0, 0.05) is 5.41 Å². The van der Waals surface area contributed by atoms with E-state index in [9.17, 15) is 4.79 Å². The minimum atomic E-state index is -0.993. The lowest BCUT2D eigenvalue weighted by Crippen LogP contribution is -2.31. The van der Waals surface area contributed by atoms with E-state index in [-0.39, 0.29) is 0 Å². The first-order valence-corrected chi connectivity index (χ1v) is 4.92. The number of hydrogen-bond acceptors (Lipinski definition) is 2. The van der Waals surface area contributed by atoms with Crippen molar-refractivity contribution in [3.8, 4) is 6.07 Å². The highest BCUT2D eigenvalue weighted by atomic mass is 16.4. The molecule has 1 aliphatic rings. The van der Waals surface area contributed by atoms with Gasteiger partial charge in [0.1, 0.15) is 0 Å². The number of carboxylic acids is 1. The number of carboxylic acid groups (broad SMARTS) is 1. The van der Waals surface area contributed by atoms with Crippen molar-refractivity contribution < 1.29 is 9.90 Å². The molecule has 1 unspecified atom stereocenters. The molecule has 76 valence electrons. The smallest absolute Gasteiger partial charge is 0.321 e. The predicted molar refractivity (Wildman–Crippen MR) is 52.5 cm³/mol. The Bertz CT molecular complexity index is 282. The van der Waals surface area contributed by atoms with Crippen molar-refractivity contribution in [1.29, 1.82) is 5.26 Å². The van der Waals surface area contributed by atoms with Crippen LogP contribution >= 0.6 is 0 Å². The van der Waals surface area contributed by atoms with Crippen LogP contribution in [-0.4, -0.2) is 11.1 Å². The predicted octanol–water partition coefficient (Wildman–Crippen LogP) is 2.35. The van der Waals surface area contributed by atoms with E-state index in [2.05, 4.69) is 0 Å². The van der Waals surface area contributed by atoms with Gasteiger partial charge in [-0.3, -0.25) is 4.79 Å². The summed E-state index contributed by atoms with van der Waals surface area (Å²) in [7, 11) is 0. The van der Waals surface area contributed by atoms with E-state index in [1.165, 1.54) is 0 Å². The average Bonchev–Trinajstić information content (AvgIpc) is 2.55. The Hall–Kier alpha value is -1.30. The van der Waals surface area contributed by atoms with Gasteiger partial charge in [-0.15, -0.1) is 0 Å². The molecular formula is C11H15NO2. The summed E-state index contributed by atoms with van der Waals surface area (Å²) in [6.45, 7) is 1.87. The molecule has 1 saturated carbocycles. The van der Waals surface area contributed by atoms with E-state index >= 15 is 0 Å². The minimum absolute atomic E-state index is 0.407. The number of hydrogen-bond donors (Lipinski definition) is 1. The molecule has 0 heterocycles. The van der Waals surface area contributed by atoms with Crippen LogP contribution in [0, 0.1) is 22.7 Å². The summed E-state index contributed by atoms with van der Waals surface area (Å²) in [5, 5.41) is 17.9. The first-order valence-electron chi connectivity index (χ1n) is 4.92. The molecular weight excluding hydrogens is 178 g/mol. The summed E-state index contributed by atoms with van der Waals surface area (Å²) in [4.78, 5) is 10.9. The molecule has 0 amide bonds. The quantitative estimate of drug-likeness (QED) is 0.700. The Balaban J connectivity index is 2.97. The molecule has 0 aliphatic heterocycles. The normalized spacial score (nSPS) is 22.0. The number of nitriles is 1. The molecule has 1 rings (SSSR count). The maximum atomic E-state index is 10.9.